The van der Waals surface area contributed by atoms with Gasteiger partial charge in [0, 0.05) is 14.2 Å². The van der Waals surface area contributed by atoms with Crippen LogP contribution in [0.5, 0.6) is 0 Å². The second-order valence-corrected chi connectivity index (χ2v) is 3.10. The zero-order chi connectivity index (χ0) is 11.1. The molecule has 0 aromatic heterocycles. The monoisotopic (exact) mass is 208 g/mol. The molecule has 0 heterocycles. The molecule has 0 aliphatic rings. The first kappa shape index (κ1) is 11.9. The third-order valence-corrected chi connectivity index (χ3v) is 2.03. The van der Waals surface area contributed by atoms with Gasteiger partial charge in [0.05, 0.1) is 0 Å². The molecule has 3 nitrogen and oxygen atoms in total. The van der Waals surface area contributed by atoms with Crippen LogP contribution in [0.25, 0.3) is 6.08 Å². The van der Waals surface area contributed by atoms with E-state index in [1.165, 1.54) is 14.2 Å². The molecule has 0 saturated heterocycles. The molecule has 0 bridgehead atoms. The molecule has 3 heteroatoms. The van der Waals surface area contributed by atoms with Crippen molar-refractivity contribution >= 4 is 6.08 Å². The molecule has 0 amide bonds. The topological polar surface area (TPSA) is 38.7 Å². The highest BCUT2D eigenvalue weighted by Gasteiger charge is 2.13. The van der Waals surface area contributed by atoms with Crippen molar-refractivity contribution < 1.29 is 14.6 Å². The summed E-state index contributed by atoms with van der Waals surface area (Å²) in [6.07, 6.45) is 2.09. The maximum atomic E-state index is 9.63. The molecule has 0 fully saturated rings. The predicted molar refractivity (Wildman–Crippen MR) is 59.3 cm³/mol. The molecular formula is C12H16O3. The van der Waals surface area contributed by atoms with Crippen LogP contribution in [0.2, 0.25) is 0 Å². The van der Waals surface area contributed by atoms with Crippen LogP contribution < -0.4 is 0 Å². The minimum absolute atomic E-state index is 0.620. The Balaban J connectivity index is 2.57. The van der Waals surface area contributed by atoms with Crippen molar-refractivity contribution in [3.05, 3.63) is 42.0 Å². The van der Waals surface area contributed by atoms with Gasteiger partial charge in [-0.15, -0.1) is 0 Å². The minimum Gasteiger partial charge on any atom is -0.384 e. The number of rotatable bonds is 5. The Morgan fingerprint density at radius 1 is 1.13 bits per heavy atom. The van der Waals surface area contributed by atoms with Crippen molar-refractivity contribution in [1.29, 1.82) is 0 Å². The Bertz CT molecular complexity index is 291. The van der Waals surface area contributed by atoms with Gasteiger partial charge >= 0.3 is 0 Å². The summed E-state index contributed by atoms with van der Waals surface area (Å²) in [6.45, 7) is 0. The highest BCUT2D eigenvalue weighted by atomic mass is 16.7. The van der Waals surface area contributed by atoms with Crippen molar-refractivity contribution in [3.8, 4) is 0 Å². The molecule has 1 atom stereocenters. The van der Waals surface area contributed by atoms with Gasteiger partial charge in [-0.2, -0.15) is 0 Å². The van der Waals surface area contributed by atoms with E-state index >= 15 is 0 Å². The van der Waals surface area contributed by atoms with Crippen molar-refractivity contribution in [2.24, 2.45) is 0 Å². The van der Waals surface area contributed by atoms with Crippen molar-refractivity contribution in [3.63, 3.8) is 0 Å². The second kappa shape index (κ2) is 6.35. The lowest BCUT2D eigenvalue weighted by Gasteiger charge is -2.16. The molecule has 0 radical (unpaired) electrons. The first-order valence-electron chi connectivity index (χ1n) is 4.75. The number of aliphatic hydroxyl groups is 1. The van der Waals surface area contributed by atoms with Crippen LogP contribution in [0.15, 0.2) is 36.4 Å². The lowest BCUT2D eigenvalue weighted by Crippen LogP contribution is -2.27. The van der Waals surface area contributed by atoms with Gasteiger partial charge in [-0.3, -0.25) is 0 Å². The standard InChI is InChI=1S/C12H16O3/c1-14-12(15-2)11(13)9-8-10-6-4-3-5-7-10/h3-9,11-13H,1-2H3. The summed E-state index contributed by atoms with van der Waals surface area (Å²) in [4.78, 5) is 0. The molecule has 1 unspecified atom stereocenters. The van der Waals surface area contributed by atoms with E-state index in [1.807, 2.05) is 36.4 Å². The fourth-order valence-electron chi connectivity index (χ4n) is 1.24. The third-order valence-electron chi connectivity index (χ3n) is 2.03. The number of benzene rings is 1. The number of hydrogen-bond acceptors (Lipinski definition) is 3. The molecule has 1 aromatic rings. The van der Waals surface area contributed by atoms with Gasteiger partial charge in [-0.05, 0) is 5.56 Å². The highest BCUT2D eigenvalue weighted by molar-refractivity contribution is 5.49. The number of methoxy groups -OCH3 is 2. The summed E-state index contributed by atoms with van der Waals surface area (Å²) in [5.41, 5.74) is 1.03. The SMILES string of the molecule is COC(OC)C(O)C=Cc1ccccc1. The minimum atomic E-state index is -0.764. The highest BCUT2D eigenvalue weighted by Crippen LogP contribution is 2.06. The molecule has 15 heavy (non-hydrogen) atoms. The van der Waals surface area contributed by atoms with E-state index in [-0.39, 0.29) is 0 Å². The van der Waals surface area contributed by atoms with E-state index in [1.54, 1.807) is 6.08 Å². The molecule has 82 valence electrons. The van der Waals surface area contributed by atoms with E-state index in [0.717, 1.165) is 5.56 Å². The predicted octanol–water partition coefficient (Wildman–Crippen LogP) is 1.68. The Morgan fingerprint density at radius 2 is 1.73 bits per heavy atom. The molecule has 0 spiro atoms. The van der Waals surface area contributed by atoms with E-state index in [9.17, 15) is 5.11 Å². The van der Waals surface area contributed by atoms with Crippen LogP contribution in [0, 0.1) is 0 Å². The first-order valence-corrected chi connectivity index (χ1v) is 4.75. The fourth-order valence-corrected chi connectivity index (χ4v) is 1.24. The van der Waals surface area contributed by atoms with Crippen molar-refractivity contribution in [1.82, 2.24) is 0 Å². The fraction of sp³-hybridized carbons (Fsp3) is 0.333. The average molecular weight is 208 g/mol. The average Bonchev–Trinajstić information content (AvgIpc) is 2.29. The largest absolute Gasteiger partial charge is 0.384 e. The molecule has 0 aliphatic heterocycles. The van der Waals surface area contributed by atoms with Crippen LogP contribution in [0.4, 0.5) is 0 Å². The molecule has 0 aliphatic carbocycles. The second-order valence-electron chi connectivity index (χ2n) is 3.10. The zero-order valence-corrected chi connectivity index (χ0v) is 8.96. The summed E-state index contributed by atoms with van der Waals surface area (Å²) >= 11 is 0. The summed E-state index contributed by atoms with van der Waals surface area (Å²) < 4.78 is 9.85. The summed E-state index contributed by atoms with van der Waals surface area (Å²) in [5, 5.41) is 9.63. The van der Waals surface area contributed by atoms with E-state index in [2.05, 4.69) is 0 Å². The quantitative estimate of drug-likeness (QED) is 0.748. The van der Waals surface area contributed by atoms with Gasteiger partial charge in [0.25, 0.3) is 0 Å². The molecule has 1 N–H and O–H groups in total. The Morgan fingerprint density at radius 3 is 2.27 bits per heavy atom. The molecule has 1 rings (SSSR count). The first-order chi connectivity index (χ1) is 7.27. The van der Waals surface area contributed by atoms with Crippen LogP contribution >= 0.6 is 0 Å². The van der Waals surface area contributed by atoms with Crippen molar-refractivity contribution in [2.75, 3.05) is 14.2 Å². The molecule has 0 saturated carbocycles. The lowest BCUT2D eigenvalue weighted by molar-refractivity contribution is -0.149. The third kappa shape index (κ3) is 3.83. The summed E-state index contributed by atoms with van der Waals surface area (Å²) in [5.74, 6) is 0. The Hall–Kier alpha value is -1.16. The van der Waals surface area contributed by atoms with Gasteiger partial charge in [-0.25, -0.2) is 0 Å². The Labute approximate surface area is 90.0 Å². The number of ether oxygens (including phenoxy) is 2. The molecule has 1 aromatic carbocycles. The van der Waals surface area contributed by atoms with E-state index in [0.29, 0.717) is 0 Å². The maximum Gasteiger partial charge on any atom is 0.186 e. The van der Waals surface area contributed by atoms with Crippen molar-refractivity contribution in [2.45, 2.75) is 12.4 Å². The van der Waals surface area contributed by atoms with Crippen LogP contribution in [-0.4, -0.2) is 31.7 Å². The normalized spacial score (nSPS) is 13.6. The van der Waals surface area contributed by atoms with Gasteiger partial charge in [0.1, 0.15) is 6.10 Å². The smallest absolute Gasteiger partial charge is 0.186 e. The summed E-state index contributed by atoms with van der Waals surface area (Å²) in [7, 11) is 2.99. The Kier molecular flexibility index (Phi) is 5.04. The number of hydrogen-bond donors (Lipinski definition) is 1. The van der Waals surface area contributed by atoms with E-state index < -0.39 is 12.4 Å². The van der Waals surface area contributed by atoms with E-state index in [4.69, 9.17) is 9.47 Å². The van der Waals surface area contributed by atoms with Crippen LogP contribution in [0.3, 0.4) is 0 Å². The van der Waals surface area contributed by atoms with Gasteiger partial charge < -0.3 is 14.6 Å². The lowest BCUT2D eigenvalue weighted by atomic mass is 10.2. The zero-order valence-electron chi connectivity index (χ0n) is 8.96. The number of aliphatic hydroxyl groups excluding tert-OH is 1. The van der Waals surface area contributed by atoms with Crippen LogP contribution in [-0.2, 0) is 9.47 Å². The van der Waals surface area contributed by atoms with Gasteiger partial charge in [0.2, 0.25) is 0 Å². The summed E-state index contributed by atoms with van der Waals surface area (Å²) in [6, 6.07) is 9.74. The van der Waals surface area contributed by atoms with Crippen LogP contribution in [0.1, 0.15) is 5.56 Å². The van der Waals surface area contributed by atoms with Gasteiger partial charge in [0.15, 0.2) is 6.29 Å². The maximum absolute atomic E-state index is 9.63. The molecular weight excluding hydrogens is 192 g/mol. The van der Waals surface area contributed by atoms with Gasteiger partial charge in [-0.1, -0.05) is 42.5 Å².